The van der Waals surface area contributed by atoms with Crippen LogP contribution in [0, 0.1) is 0 Å². The summed E-state index contributed by atoms with van der Waals surface area (Å²) in [6, 6.07) is 0.519. The SMILES string of the molecule is CCCC1CNCCN1CCS(C)(=O)=O. The van der Waals surface area contributed by atoms with Crippen LogP contribution in [0.5, 0.6) is 0 Å². The van der Waals surface area contributed by atoms with E-state index < -0.39 is 9.84 Å². The zero-order valence-electron chi connectivity index (χ0n) is 9.70. The molecule has 0 amide bonds. The van der Waals surface area contributed by atoms with E-state index in [1.54, 1.807) is 0 Å². The van der Waals surface area contributed by atoms with Crippen LogP contribution in [0.3, 0.4) is 0 Å². The molecule has 15 heavy (non-hydrogen) atoms. The fourth-order valence-electron chi connectivity index (χ4n) is 2.00. The Hall–Kier alpha value is -0.130. The quantitative estimate of drug-likeness (QED) is 0.733. The second kappa shape index (κ2) is 5.82. The van der Waals surface area contributed by atoms with E-state index in [0.29, 0.717) is 12.6 Å². The maximum Gasteiger partial charge on any atom is 0.148 e. The summed E-state index contributed by atoms with van der Waals surface area (Å²) < 4.78 is 22.2. The van der Waals surface area contributed by atoms with E-state index in [9.17, 15) is 8.42 Å². The fraction of sp³-hybridized carbons (Fsp3) is 1.00. The first-order valence-electron chi connectivity index (χ1n) is 5.65. The van der Waals surface area contributed by atoms with Crippen molar-refractivity contribution in [2.75, 3.05) is 38.2 Å². The number of piperazine rings is 1. The van der Waals surface area contributed by atoms with Crippen molar-refractivity contribution in [2.45, 2.75) is 25.8 Å². The Morgan fingerprint density at radius 2 is 2.20 bits per heavy atom. The molecule has 1 aliphatic rings. The van der Waals surface area contributed by atoms with E-state index in [2.05, 4.69) is 17.1 Å². The number of nitrogens with zero attached hydrogens (tertiary/aromatic N) is 1. The van der Waals surface area contributed by atoms with Gasteiger partial charge in [-0.25, -0.2) is 8.42 Å². The number of hydrogen-bond donors (Lipinski definition) is 1. The van der Waals surface area contributed by atoms with Gasteiger partial charge in [-0.1, -0.05) is 13.3 Å². The smallest absolute Gasteiger partial charge is 0.148 e. The summed E-state index contributed by atoms with van der Waals surface area (Å²) in [4.78, 5) is 2.31. The molecule has 1 unspecified atom stereocenters. The van der Waals surface area contributed by atoms with E-state index >= 15 is 0 Å². The summed E-state index contributed by atoms with van der Waals surface area (Å²) in [5.41, 5.74) is 0. The topological polar surface area (TPSA) is 49.4 Å². The molecular formula is C10H22N2O2S. The Morgan fingerprint density at radius 3 is 2.80 bits per heavy atom. The van der Waals surface area contributed by atoms with Gasteiger partial charge >= 0.3 is 0 Å². The minimum absolute atomic E-state index is 0.285. The van der Waals surface area contributed by atoms with Gasteiger partial charge in [-0.05, 0) is 6.42 Å². The Bertz CT molecular complexity index is 275. The molecule has 0 radical (unpaired) electrons. The van der Waals surface area contributed by atoms with Gasteiger partial charge in [-0.2, -0.15) is 0 Å². The normalized spacial score (nSPS) is 24.3. The van der Waals surface area contributed by atoms with Crippen LogP contribution in [0.4, 0.5) is 0 Å². The molecule has 1 aliphatic heterocycles. The molecule has 5 heteroatoms. The molecule has 1 N–H and O–H groups in total. The number of rotatable bonds is 5. The molecule has 1 saturated heterocycles. The van der Waals surface area contributed by atoms with Crippen molar-refractivity contribution in [3.05, 3.63) is 0 Å². The van der Waals surface area contributed by atoms with Gasteiger partial charge in [0.1, 0.15) is 9.84 Å². The number of hydrogen-bond acceptors (Lipinski definition) is 4. The lowest BCUT2D eigenvalue weighted by Gasteiger charge is -2.36. The van der Waals surface area contributed by atoms with Crippen molar-refractivity contribution in [1.29, 1.82) is 0 Å². The largest absolute Gasteiger partial charge is 0.314 e. The Labute approximate surface area is 93.0 Å². The minimum atomic E-state index is -2.82. The monoisotopic (exact) mass is 234 g/mol. The summed E-state index contributed by atoms with van der Waals surface area (Å²) >= 11 is 0. The van der Waals surface area contributed by atoms with Crippen molar-refractivity contribution in [2.24, 2.45) is 0 Å². The molecule has 0 spiro atoms. The second-order valence-electron chi connectivity index (χ2n) is 4.31. The molecule has 1 atom stereocenters. The van der Waals surface area contributed by atoms with Crippen LogP contribution >= 0.6 is 0 Å². The molecule has 4 nitrogen and oxygen atoms in total. The van der Waals surface area contributed by atoms with Gasteiger partial charge in [0.05, 0.1) is 5.75 Å². The third kappa shape index (κ3) is 4.95. The zero-order chi connectivity index (χ0) is 11.3. The zero-order valence-corrected chi connectivity index (χ0v) is 10.5. The van der Waals surface area contributed by atoms with Gasteiger partial charge in [0, 0.05) is 38.5 Å². The second-order valence-corrected chi connectivity index (χ2v) is 6.57. The lowest BCUT2D eigenvalue weighted by atomic mass is 10.1. The fourth-order valence-corrected chi connectivity index (χ4v) is 2.56. The van der Waals surface area contributed by atoms with Gasteiger partial charge in [0.15, 0.2) is 0 Å². The van der Waals surface area contributed by atoms with Crippen LogP contribution in [-0.2, 0) is 9.84 Å². The van der Waals surface area contributed by atoms with Crippen molar-refractivity contribution >= 4 is 9.84 Å². The van der Waals surface area contributed by atoms with Crippen LogP contribution in [0.2, 0.25) is 0 Å². The van der Waals surface area contributed by atoms with Crippen LogP contribution < -0.4 is 5.32 Å². The summed E-state index contributed by atoms with van der Waals surface area (Å²) in [6.07, 6.45) is 3.61. The lowest BCUT2D eigenvalue weighted by molar-refractivity contribution is 0.161. The summed E-state index contributed by atoms with van der Waals surface area (Å²) in [6.45, 7) is 5.80. The van der Waals surface area contributed by atoms with Gasteiger partial charge in [-0.15, -0.1) is 0 Å². The summed E-state index contributed by atoms with van der Waals surface area (Å²) in [7, 11) is -2.82. The first kappa shape index (κ1) is 12.9. The minimum Gasteiger partial charge on any atom is -0.314 e. The van der Waals surface area contributed by atoms with E-state index in [1.165, 1.54) is 6.26 Å². The van der Waals surface area contributed by atoms with Gasteiger partial charge in [-0.3, -0.25) is 4.90 Å². The van der Waals surface area contributed by atoms with Crippen LogP contribution in [0.1, 0.15) is 19.8 Å². The van der Waals surface area contributed by atoms with Crippen molar-refractivity contribution in [3.8, 4) is 0 Å². The van der Waals surface area contributed by atoms with E-state index in [0.717, 1.165) is 32.5 Å². The molecule has 0 bridgehead atoms. The van der Waals surface area contributed by atoms with Crippen molar-refractivity contribution in [3.63, 3.8) is 0 Å². The average Bonchev–Trinajstić information content (AvgIpc) is 2.16. The average molecular weight is 234 g/mol. The molecule has 0 saturated carbocycles. The molecule has 90 valence electrons. The number of nitrogens with one attached hydrogen (secondary N) is 1. The Balaban J connectivity index is 2.42. The molecule has 0 aliphatic carbocycles. The van der Waals surface area contributed by atoms with Gasteiger partial charge < -0.3 is 5.32 Å². The molecular weight excluding hydrogens is 212 g/mol. The molecule has 0 aromatic rings. The first-order chi connectivity index (χ1) is 7.03. The molecule has 1 fully saturated rings. The Morgan fingerprint density at radius 1 is 1.47 bits per heavy atom. The molecule has 0 aromatic heterocycles. The predicted molar refractivity (Wildman–Crippen MR) is 62.8 cm³/mol. The highest BCUT2D eigenvalue weighted by Crippen LogP contribution is 2.09. The predicted octanol–water partition coefficient (Wildman–Crippen LogP) is 0.105. The highest BCUT2D eigenvalue weighted by molar-refractivity contribution is 7.90. The van der Waals surface area contributed by atoms with Gasteiger partial charge in [0.25, 0.3) is 0 Å². The van der Waals surface area contributed by atoms with Crippen LogP contribution in [0.15, 0.2) is 0 Å². The third-order valence-electron chi connectivity index (χ3n) is 2.84. The van der Waals surface area contributed by atoms with E-state index in [4.69, 9.17) is 0 Å². The van der Waals surface area contributed by atoms with Crippen molar-refractivity contribution in [1.82, 2.24) is 10.2 Å². The maximum absolute atomic E-state index is 11.1. The Kier molecular flexibility index (Phi) is 5.02. The van der Waals surface area contributed by atoms with E-state index in [1.807, 2.05) is 0 Å². The maximum atomic E-state index is 11.1. The molecule has 1 heterocycles. The molecule has 0 aromatic carbocycles. The van der Waals surface area contributed by atoms with Gasteiger partial charge in [0.2, 0.25) is 0 Å². The molecule has 1 rings (SSSR count). The third-order valence-corrected chi connectivity index (χ3v) is 3.77. The van der Waals surface area contributed by atoms with Crippen LogP contribution in [-0.4, -0.2) is 57.5 Å². The first-order valence-corrected chi connectivity index (χ1v) is 7.71. The highest BCUT2D eigenvalue weighted by Gasteiger charge is 2.21. The van der Waals surface area contributed by atoms with Crippen molar-refractivity contribution < 1.29 is 8.42 Å². The standard InChI is InChI=1S/C10H22N2O2S/c1-3-4-10-9-11-5-6-12(10)7-8-15(2,13)14/h10-11H,3-9H2,1-2H3. The van der Waals surface area contributed by atoms with Crippen LogP contribution in [0.25, 0.3) is 0 Å². The summed E-state index contributed by atoms with van der Waals surface area (Å²) in [5.74, 6) is 0.285. The van der Waals surface area contributed by atoms with E-state index in [-0.39, 0.29) is 5.75 Å². The highest BCUT2D eigenvalue weighted by atomic mass is 32.2. The summed E-state index contributed by atoms with van der Waals surface area (Å²) in [5, 5.41) is 3.36. The number of sulfone groups is 1. The lowest BCUT2D eigenvalue weighted by Crippen LogP contribution is -2.52.